The number of thioether (sulfide) groups is 1. The van der Waals surface area contributed by atoms with E-state index in [9.17, 15) is 4.79 Å². The van der Waals surface area contributed by atoms with Crippen molar-refractivity contribution < 1.29 is 4.79 Å². The van der Waals surface area contributed by atoms with Gasteiger partial charge in [0, 0.05) is 25.4 Å². The number of fused-ring (bicyclic) bond motifs is 1. The summed E-state index contributed by atoms with van der Waals surface area (Å²) < 4.78 is 3.88. The molecule has 0 atom stereocenters. The Morgan fingerprint density at radius 3 is 3.00 bits per heavy atom. The second-order valence-electron chi connectivity index (χ2n) is 5.39. The molecule has 0 spiro atoms. The largest absolute Gasteiger partial charge is 0.351 e. The third kappa shape index (κ3) is 3.24. The Morgan fingerprint density at radius 1 is 1.39 bits per heavy atom. The number of aryl methyl sites for hydroxylation is 2. The summed E-state index contributed by atoms with van der Waals surface area (Å²) in [6, 6.07) is 6.07. The molecule has 23 heavy (non-hydrogen) atoms. The maximum Gasteiger partial charge on any atom is 0.230 e. The second kappa shape index (κ2) is 6.45. The van der Waals surface area contributed by atoms with Crippen molar-refractivity contribution in [2.75, 3.05) is 12.0 Å². The van der Waals surface area contributed by atoms with Gasteiger partial charge in [0.25, 0.3) is 0 Å². The molecule has 0 unspecified atom stereocenters. The van der Waals surface area contributed by atoms with E-state index in [0.717, 1.165) is 28.1 Å². The lowest BCUT2D eigenvalue weighted by Crippen LogP contribution is -2.24. The quantitative estimate of drug-likeness (QED) is 0.778. The van der Waals surface area contributed by atoms with Crippen molar-refractivity contribution in [3.8, 4) is 5.69 Å². The van der Waals surface area contributed by atoms with Gasteiger partial charge in [-0.15, -0.1) is 0 Å². The minimum Gasteiger partial charge on any atom is -0.351 e. The van der Waals surface area contributed by atoms with E-state index in [4.69, 9.17) is 0 Å². The predicted molar refractivity (Wildman–Crippen MR) is 92.8 cm³/mol. The lowest BCUT2D eigenvalue weighted by Gasteiger charge is -2.03. The molecule has 0 saturated carbocycles. The lowest BCUT2D eigenvalue weighted by atomic mass is 10.2. The van der Waals surface area contributed by atoms with Gasteiger partial charge in [0.2, 0.25) is 5.91 Å². The highest BCUT2D eigenvalue weighted by Crippen LogP contribution is 2.19. The summed E-state index contributed by atoms with van der Waals surface area (Å²) in [5, 5.41) is 7.26. The van der Waals surface area contributed by atoms with Crippen LogP contribution in [0.15, 0.2) is 30.6 Å². The molecule has 0 fully saturated rings. The Labute approximate surface area is 138 Å². The SMILES string of the molecule is CSCC(=O)NCc1cnn(-c2ccc3nc(C)n(C)c3c2)c1. The fourth-order valence-electron chi connectivity index (χ4n) is 2.42. The minimum atomic E-state index is 0.0389. The highest BCUT2D eigenvalue weighted by atomic mass is 32.2. The van der Waals surface area contributed by atoms with Crippen molar-refractivity contribution >= 4 is 28.7 Å². The molecule has 2 aromatic heterocycles. The van der Waals surface area contributed by atoms with Crippen LogP contribution in [0.25, 0.3) is 16.7 Å². The van der Waals surface area contributed by atoms with Crippen LogP contribution in [0.5, 0.6) is 0 Å². The second-order valence-corrected chi connectivity index (χ2v) is 6.26. The molecule has 1 amide bonds. The monoisotopic (exact) mass is 329 g/mol. The van der Waals surface area contributed by atoms with Gasteiger partial charge >= 0.3 is 0 Å². The van der Waals surface area contributed by atoms with Crippen LogP contribution in [0.3, 0.4) is 0 Å². The lowest BCUT2D eigenvalue weighted by molar-refractivity contribution is -0.118. The Hall–Kier alpha value is -2.28. The Morgan fingerprint density at radius 2 is 2.22 bits per heavy atom. The first kappa shape index (κ1) is 15.6. The first-order valence-electron chi connectivity index (χ1n) is 7.31. The van der Waals surface area contributed by atoms with Crippen LogP contribution in [0.1, 0.15) is 11.4 Å². The number of carbonyl (C=O) groups is 1. The molecule has 2 heterocycles. The van der Waals surface area contributed by atoms with Crippen LogP contribution in [-0.2, 0) is 18.4 Å². The highest BCUT2D eigenvalue weighted by molar-refractivity contribution is 7.99. The molecular formula is C16H19N5OS. The molecule has 0 aliphatic carbocycles. The molecule has 3 rings (SSSR count). The van der Waals surface area contributed by atoms with Crippen molar-refractivity contribution in [2.24, 2.45) is 7.05 Å². The number of nitrogens with zero attached hydrogens (tertiary/aromatic N) is 4. The van der Waals surface area contributed by atoms with Crippen LogP contribution in [0.2, 0.25) is 0 Å². The van der Waals surface area contributed by atoms with E-state index in [1.165, 1.54) is 11.8 Å². The average Bonchev–Trinajstić information content (AvgIpc) is 3.11. The van der Waals surface area contributed by atoms with Crippen LogP contribution >= 0.6 is 11.8 Å². The zero-order chi connectivity index (χ0) is 16.4. The van der Waals surface area contributed by atoms with Crippen molar-refractivity contribution in [2.45, 2.75) is 13.5 Å². The third-order valence-corrected chi connectivity index (χ3v) is 4.30. The van der Waals surface area contributed by atoms with Crippen molar-refractivity contribution in [1.29, 1.82) is 0 Å². The first-order valence-corrected chi connectivity index (χ1v) is 8.70. The average molecular weight is 329 g/mol. The zero-order valence-corrected chi connectivity index (χ0v) is 14.2. The van der Waals surface area contributed by atoms with Crippen molar-refractivity contribution in [3.05, 3.63) is 42.0 Å². The molecule has 3 aromatic rings. The number of carbonyl (C=O) groups excluding carboxylic acids is 1. The molecule has 0 radical (unpaired) electrons. The molecule has 0 bridgehead atoms. The number of rotatable bonds is 5. The smallest absolute Gasteiger partial charge is 0.230 e. The van der Waals surface area contributed by atoms with Gasteiger partial charge in [-0.05, 0) is 31.4 Å². The number of nitrogens with one attached hydrogen (secondary N) is 1. The van der Waals surface area contributed by atoms with Crippen LogP contribution in [0, 0.1) is 6.92 Å². The van der Waals surface area contributed by atoms with Crippen LogP contribution < -0.4 is 5.32 Å². The molecule has 1 aromatic carbocycles. The van der Waals surface area contributed by atoms with E-state index >= 15 is 0 Å². The summed E-state index contributed by atoms with van der Waals surface area (Å²) in [6.45, 7) is 2.48. The van der Waals surface area contributed by atoms with Gasteiger partial charge < -0.3 is 9.88 Å². The molecule has 1 N–H and O–H groups in total. The Kier molecular flexibility index (Phi) is 4.38. The highest BCUT2D eigenvalue weighted by Gasteiger charge is 2.08. The molecule has 7 heteroatoms. The summed E-state index contributed by atoms with van der Waals surface area (Å²) >= 11 is 1.51. The fraction of sp³-hybridized carbons (Fsp3) is 0.312. The first-order chi connectivity index (χ1) is 11.1. The molecular weight excluding hydrogens is 310 g/mol. The number of benzene rings is 1. The third-order valence-electron chi connectivity index (χ3n) is 3.75. The van der Waals surface area contributed by atoms with E-state index in [0.29, 0.717) is 12.3 Å². The van der Waals surface area contributed by atoms with Gasteiger partial charge in [0.15, 0.2) is 0 Å². The summed E-state index contributed by atoms with van der Waals surface area (Å²) in [5.41, 5.74) is 4.00. The van der Waals surface area contributed by atoms with Crippen LogP contribution in [-0.4, -0.2) is 37.2 Å². The molecule has 0 aliphatic rings. The van der Waals surface area contributed by atoms with Crippen molar-refractivity contribution in [3.63, 3.8) is 0 Å². The van der Waals surface area contributed by atoms with E-state index in [1.54, 1.807) is 6.20 Å². The van der Waals surface area contributed by atoms with Gasteiger partial charge in [0.05, 0.1) is 28.7 Å². The van der Waals surface area contributed by atoms with Gasteiger partial charge in [0.1, 0.15) is 5.82 Å². The number of aromatic nitrogens is 4. The van der Waals surface area contributed by atoms with Gasteiger partial charge in [-0.25, -0.2) is 9.67 Å². The predicted octanol–water partition coefficient (Wildman–Crippen LogP) is 2.05. The standard InChI is InChI=1S/C16H19N5OS/c1-11-19-14-5-4-13(6-15(14)20(11)2)21-9-12(8-18-21)7-17-16(22)10-23-3/h4-6,8-9H,7,10H2,1-3H3,(H,17,22). The summed E-state index contributed by atoms with van der Waals surface area (Å²) in [5.74, 6) is 1.50. The number of imidazole rings is 1. The molecule has 6 nitrogen and oxygen atoms in total. The zero-order valence-electron chi connectivity index (χ0n) is 13.4. The summed E-state index contributed by atoms with van der Waals surface area (Å²) in [6.07, 6.45) is 5.62. The number of hydrogen-bond donors (Lipinski definition) is 1. The van der Waals surface area contributed by atoms with E-state index in [1.807, 2.05) is 43.2 Å². The fourth-order valence-corrected chi connectivity index (χ4v) is 2.78. The maximum atomic E-state index is 11.5. The van der Waals surface area contributed by atoms with E-state index < -0.39 is 0 Å². The Balaban J connectivity index is 1.80. The molecule has 0 aliphatic heterocycles. The van der Waals surface area contributed by atoms with E-state index in [-0.39, 0.29) is 5.91 Å². The Bertz CT molecular complexity index is 851. The number of amides is 1. The molecule has 0 saturated heterocycles. The van der Waals surface area contributed by atoms with E-state index in [2.05, 4.69) is 26.0 Å². The number of hydrogen-bond acceptors (Lipinski definition) is 4. The minimum absolute atomic E-state index is 0.0389. The normalized spacial score (nSPS) is 11.1. The summed E-state index contributed by atoms with van der Waals surface area (Å²) in [7, 11) is 2.00. The van der Waals surface area contributed by atoms with Crippen molar-refractivity contribution in [1.82, 2.24) is 24.6 Å². The van der Waals surface area contributed by atoms with Crippen LogP contribution in [0.4, 0.5) is 0 Å². The topological polar surface area (TPSA) is 64.7 Å². The van der Waals surface area contributed by atoms with Gasteiger partial charge in [-0.2, -0.15) is 16.9 Å². The maximum absolute atomic E-state index is 11.5. The molecule has 120 valence electrons. The summed E-state index contributed by atoms with van der Waals surface area (Å²) in [4.78, 5) is 16.0. The van der Waals surface area contributed by atoms with Gasteiger partial charge in [-0.1, -0.05) is 0 Å². The van der Waals surface area contributed by atoms with Gasteiger partial charge in [-0.3, -0.25) is 4.79 Å².